The third-order valence-corrected chi connectivity index (χ3v) is 3.70. The Labute approximate surface area is 130 Å². The zero-order valence-electron chi connectivity index (χ0n) is 11.4. The number of hydrogen-bond donors (Lipinski definition) is 0. The summed E-state index contributed by atoms with van der Waals surface area (Å²) in [5.41, 5.74) is 2.36. The van der Waals surface area contributed by atoms with Crippen LogP contribution in [-0.2, 0) is 6.61 Å². The van der Waals surface area contributed by atoms with E-state index in [0.717, 1.165) is 22.0 Å². The topological polar surface area (TPSA) is 43.6 Å². The Hall–Kier alpha value is -2.14. The van der Waals surface area contributed by atoms with Crippen LogP contribution in [0.5, 0.6) is 5.75 Å². The van der Waals surface area contributed by atoms with E-state index in [2.05, 4.69) is 20.9 Å². The minimum atomic E-state index is 0.305. The number of ether oxygens (including phenoxy) is 1. The van der Waals surface area contributed by atoms with Crippen LogP contribution in [0.25, 0.3) is 5.52 Å². The number of hydrogen-bond acceptors (Lipinski definition) is 3. The number of pyridine rings is 1. The van der Waals surface area contributed by atoms with E-state index >= 15 is 0 Å². The molecule has 0 aliphatic rings. The number of nitrogens with zero attached hydrogens (tertiary/aromatic N) is 2. The van der Waals surface area contributed by atoms with Crippen LogP contribution >= 0.6 is 15.9 Å². The number of carbonyl (C=O) groups is 1. The Kier molecular flexibility index (Phi) is 3.75. The first-order valence-corrected chi connectivity index (χ1v) is 7.28. The lowest BCUT2D eigenvalue weighted by atomic mass is 10.2. The van der Waals surface area contributed by atoms with Gasteiger partial charge in [-0.15, -0.1) is 0 Å². The molecule has 0 amide bonds. The molecule has 1 aromatic carbocycles. The summed E-state index contributed by atoms with van der Waals surface area (Å²) in [6.45, 7) is 2.33. The first-order chi connectivity index (χ1) is 10.2. The normalized spacial score (nSPS) is 10.8. The Bertz CT molecular complexity index is 794. The Morgan fingerprint density at radius 2 is 2.05 bits per heavy atom. The molecule has 0 radical (unpaired) electrons. The smallest absolute Gasteiger partial charge is 0.170 e. The van der Waals surface area contributed by atoms with Gasteiger partial charge in [-0.3, -0.25) is 4.79 Å². The minimum Gasteiger partial charge on any atom is -0.486 e. The monoisotopic (exact) mass is 344 g/mol. The first-order valence-electron chi connectivity index (χ1n) is 6.48. The largest absolute Gasteiger partial charge is 0.486 e. The SMILES string of the molecule is Cc1ccc(OCc2nc(C=O)c3cc(Br)ccn23)cc1. The van der Waals surface area contributed by atoms with Gasteiger partial charge >= 0.3 is 0 Å². The fourth-order valence-electron chi connectivity index (χ4n) is 2.12. The Morgan fingerprint density at radius 1 is 1.29 bits per heavy atom. The quantitative estimate of drug-likeness (QED) is 0.676. The molecule has 0 saturated heterocycles. The summed E-state index contributed by atoms with van der Waals surface area (Å²) >= 11 is 3.40. The Morgan fingerprint density at radius 3 is 2.76 bits per heavy atom. The predicted octanol–water partition coefficient (Wildman–Crippen LogP) is 3.80. The van der Waals surface area contributed by atoms with Gasteiger partial charge in [0.25, 0.3) is 0 Å². The summed E-state index contributed by atoms with van der Waals surface area (Å²) in [4.78, 5) is 15.5. The van der Waals surface area contributed by atoms with Crippen molar-refractivity contribution >= 4 is 27.7 Å². The molecule has 0 atom stereocenters. The van der Waals surface area contributed by atoms with Gasteiger partial charge in [-0.05, 0) is 31.2 Å². The maximum atomic E-state index is 11.1. The van der Waals surface area contributed by atoms with Gasteiger partial charge in [0.05, 0.1) is 5.52 Å². The summed E-state index contributed by atoms with van der Waals surface area (Å²) in [6, 6.07) is 11.6. The number of aromatic nitrogens is 2. The fraction of sp³-hybridized carbons (Fsp3) is 0.125. The van der Waals surface area contributed by atoms with Gasteiger partial charge in [0.1, 0.15) is 18.1 Å². The van der Waals surface area contributed by atoms with Crippen LogP contribution in [0.15, 0.2) is 47.1 Å². The van der Waals surface area contributed by atoms with Crippen LogP contribution < -0.4 is 4.74 Å². The van der Waals surface area contributed by atoms with Gasteiger partial charge < -0.3 is 9.14 Å². The van der Waals surface area contributed by atoms with Crippen LogP contribution in [0.4, 0.5) is 0 Å². The standard InChI is InChI=1S/C16H13BrN2O2/c1-11-2-4-13(5-3-11)21-10-16-18-14(9-20)15-8-12(17)6-7-19(15)16/h2-9H,10H2,1H3. The highest BCUT2D eigenvalue weighted by Crippen LogP contribution is 2.19. The molecule has 106 valence electrons. The molecule has 0 N–H and O–H groups in total. The second-order valence-corrected chi connectivity index (χ2v) is 5.65. The number of carbonyl (C=O) groups excluding carboxylic acids is 1. The van der Waals surface area contributed by atoms with Crippen LogP contribution in [0.2, 0.25) is 0 Å². The number of fused-ring (bicyclic) bond motifs is 1. The molecule has 4 nitrogen and oxygen atoms in total. The molecule has 3 aromatic rings. The van der Waals surface area contributed by atoms with Gasteiger partial charge in [0.2, 0.25) is 0 Å². The van der Waals surface area contributed by atoms with Crippen molar-refractivity contribution in [3.05, 3.63) is 64.1 Å². The van der Waals surface area contributed by atoms with Crippen molar-refractivity contribution in [3.8, 4) is 5.75 Å². The summed E-state index contributed by atoms with van der Waals surface area (Å²) in [5.74, 6) is 1.47. The lowest BCUT2D eigenvalue weighted by molar-refractivity contribution is 0.112. The van der Waals surface area contributed by atoms with Crippen molar-refractivity contribution in [2.24, 2.45) is 0 Å². The average Bonchev–Trinajstić information content (AvgIpc) is 2.84. The van der Waals surface area contributed by atoms with E-state index in [0.29, 0.717) is 18.1 Å². The van der Waals surface area contributed by atoms with E-state index in [1.54, 1.807) is 0 Å². The third-order valence-electron chi connectivity index (χ3n) is 3.21. The van der Waals surface area contributed by atoms with Crippen LogP contribution in [-0.4, -0.2) is 15.7 Å². The number of aldehydes is 1. The summed E-state index contributed by atoms with van der Waals surface area (Å²) in [5, 5.41) is 0. The highest BCUT2D eigenvalue weighted by atomic mass is 79.9. The molecule has 2 aromatic heterocycles. The first kappa shape index (κ1) is 13.8. The molecule has 0 spiro atoms. The van der Waals surface area contributed by atoms with E-state index in [4.69, 9.17) is 4.74 Å². The van der Waals surface area contributed by atoms with Gasteiger partial charge in [-0.1, -0.05) is 33.6 Å². The molecule has 0 fully saturated rings. The summed E-state index contributed by atoms with van der Waals surface area (Å²) < 4.78 is 8.50. The van der Waals surface area contributed by atoms with Crippen LogP contribution in [0, 0.1) is 6.92 Å². The molecular formula is C16H13BrN2O2. The van der Waals surface area contributed by atoms with Crippen molar-refractivity contribution < 1.29 is 9.53 Å². The molecule has 3 rings (SSSR count). The average molecular weight is 345 g/mol. The van der Waals surface area contributed by atoms with Gasteiger partial charge in [0, 0.05) is 10.7 Å². The van der Waals surface area contributed by atoms with E-state index < -0.39 is 0 Å². The maximum Gasteiger partial charge on any atom is 0.170 e. The predicted molar refractivity (Wildman–Crippen MR) is 83.8 cm³/mol. The molecule has 0 bridgehead atoms. The zero-order valence-corrected chi connectivity index (χ0v) is 13.0. The second-order valence-electron chi connectivity index (χ2n) is 4.73. The lowest BCUT2D eigenvalue weighted by Crippen LogP contribution is -2.01. The molecular weight excluding hydrogens is 332 g/mol. The summed E-state index contributed by atoms with van der Waals surface area (Å²) in [6.07, 6.45) is 2.63. The van der Waals surface area contributed by atoms with Crippen molar-refractivity contribution in [1.29, 1.82) is 0 Å². The molecule has 0 aliphatic heterocycles. The van der Waals surface area contributed by atoms with Crippen molar-refractivity contribution in [2.75, 3.05) is 0 Å². The van der Waals surface area contributed by atoms with Crippen molar-refractivity contribution in [3.63, 3.8) is 0 Å². The Balaban J connectivity index is 1.90. The number of benzene rings is 1. The van der Waals surface area contributed by atoms with Crippen molar-refractivity contribution in [2.45, 2.75) is 13.5 Å². The third kappa shape index (κ3) is 2.83. The van der Waals surface area contributed by atoms with E-state index in [-0.39, 0.29) is 0 Å². The van der Waals surface area contributed by atoms with Crippen LogP contribution in [0.1, 0.15) is 21.9 Å². The fourth-order valence-corrected chi connectivity index (χ4v) is 2.45. The molecule has 0 aliphatic carbocycles. The molecule has 21 heavy (non-hydrogen) atoms. The van der Waals surface area contributed by atoms with Crippen LogP contribution in [0.3, 0.4) is 0 Å². The summed E-state index contributed by atoms with van der Waals surface area (Å²) in [7, 11) is 0. The van der Waals surface area contributed by atoms with Gasteiger partial charge in [-0.2, -0.15) is 0 Å². The highest BCUT2D eigenvalue weighted by Gasteiger charge is 2.11. The number of aryl methyl sites for hydroxylation is 1. The zero-order chi connectivity index (χ0) is 14.8. The van der Waals surface area contributed by atoms with Crippen molar-refractivity contribution in [1.82, 2.24) is 9.38 Å². The maximum absolute atomic E-state index is 11.1. The van der Waals surface area contributed by atoms with E-state index in [9.17, 15) is 4.79 Å². The minimum absolute atomic E-state index is 0.305. The molecule has 0 saturated carbocycles. The van der Waals surface area contributed by atoms with E-state index in [1.165, 1.54) is 5.56 Å². The van der Waals surface area contributed by atoms with Gasteiger partial charge in [0.15, 0.2) is 12.1 Å². The number of rotatable bonds is 4. The van der Waals surface area contributed by atoms with E-state index in [1.807, 2.05) is 53.9 Å². The molecule has 5 heteroatoms. The molecule has 2 heterocycles. The number of halogens is 1. The lowest BCUT2D eigenvalue weighted by Gasteiger charge is -2.06. The highest BCUT2D eigenvalue weighted by molar-refractivity contribution is 9.10. The molecule has 0 unspecified atom stereocenters. The number of imidazole rings is 1. The second kappa shape index (κ2) is 5.69. The van der Waals surface area contributed by atoms with Gasteiger partial charge in [-0.25, -0.2) is 4.98 Å².